The maximum Gasteiger partial charge on any atom is 0.137 e. The van der Waals surface area contributed by atoms with Crippen LogP contribution >= 0.6 is 11.8 Å². The molecule has 0 aliphatic carbocycles. The fourth-order valence-corrected chi connectivity index (χ4v) is 9.90. The molecule has 262 valence electrons. The summed E-state index contributed by atoms with van der Waals surface area (Å²) in [7, 11) is 0. The van der Waals surface area contributed by atoms with E-state index >= 15 is 0 Å². The van der Waals surface area contributed by atoms with Gasteiger partial charge < -0.3 is 13.9 Å². The first kappa shape index (κ1) is 31.4. The van der Waals surface area contributed by atoms with Crippen LogP contribution in [0.1, 0.15) is 0 Å². The Balaban J connectivity index is 0.947. The molecule has 0 saturated heterocycles. The zero-order valence-corrected chi connectivity index (χ0v) is 31.0. The van der Waals surface area contributed by atoms with Crippen LogP contribution in [0.3, 0.4) is 0 Å². The zero-order chi connectivity index (χ0) is 36.7. The molecule has 0 radical (unpaired) electrons. The molecule has 11 aromatic rings. The van der Waals surface area contributed by atoms with Gasteiger partial charge in [-0.15, -0.1) is 0 Å². The molecule has 1 aliphatic heterocycles. The monoisotopic (exact) mass is 732 g/mol. The molecule has 0 spiro atoms. The summed E-state index contributed by atoms with van der Waals surface area (Å²) in [5.41, 5.74) is 13.5. The lowest BCUT2D eigenvalue weighted by Gasteiger charge is -2.26. The molecular weight excluding hydrogens is 701 g/mol. The van der Waals surface area contributed by atoms with Gasteiger partial charge in [-0.25, -0.2) is 0 Å². The number of hydrogen-bond acceptors (Lipinski definition) is 3. The van der Waals surface area contributed by atoms with Gasteiger partial charge in [0, 0.05) is 54.5 Å². The molecular formula is C52H32N2OS. The van der Waals surface area contributed by atoms with Crippen molar-refractivity contribution in [1.29, 1.82) is 0 Å². The van der Waals surface area contributed by atoms with Crippen molar-refractivity contribution in [1.82, 2.24) is 4.57 Å². The summed E-state index contributed by atoms with van der Waals surface area (Å²) in [6.45, 7) is 0. The van der Waals surface area contributed by atoms with Crippen LogP contribution in [0, 0.1) is 0 Å². The van der Waals surface area contributed by atoms with Crippen LogP contribution in [0.5, 0.6) is 0 Å². The zero-order valence-electron chi connectivity index (χ0n) is 30.2. The summed E-state index contributed by atoms with van der Waals surface area (Å²) in [6, 6.07) is 70.2. The van der Waals surface area contributed by atoms with Gasteiger partial charge in [0.05, 0.1) is 16.7 Å². The molecule has 4 heteroatoms. The quantitative estimate of drug-likeness (QED) is 0.176. The number of fused-ring (bicyclic) bond motifs is 9. The normalized spacial score (nSPS) is 12.2. The third-order valence-electron chi connectivity index (χ3n) is 11.4. The van der Waals surface area contributed by atoms with Crippen molar-refractivity contribution in [2.45, 2.75) is 9.79 Å². The van der Waals surface area contributed by atoms with Crippen LogP contribution in [0.15, 0.2) is 208 Å². The summed E-state index contributed by atoms with van der Waals surface area (Å²) in [5, 5.41) is 7.35. The molecule has 0 atom stereocenters. The fourth-order valence-electron chi connectivity index (χ4n) is 8.77. The van der Waals surface area contributed by atoms with Gasteiger partial charge in [0.1, 0.15) is 11.2 Å². The molecule has 9 aromatic carbocycles. The molecule has 56 heavy (non-hydrogen) atoms. The van der Waals surface area contributed by atoms with Gasteiger partial charge in [-0.05, 0) is 99.8 Å². The number of hydrogen-bond donors (Lipinski definition) is 0. The molecule has 0 amide bonds. The van der Waals surface area contributed by atoms with Gasteiger partial charge in [0.15, 0.2) is 0 Å². The second kappa shape index (κ2) is 12.3. The number of rotatable bonds is 5. The van der Waals surface area contributed by atoms with Crippen LogP contribution in [0.4, 0.5) is 17.1 Å². The highest BCUT2D eigenvalue weighted by Gasteiger charge is 2.23. The molecule has 0 unspecified atom stereocenters. The summed E-state index contributed by atoms with van der Waals surface area (Å²) in [6.07, 6.45) is 0. The van der Waals surface area contributed by atoms with Crippen molar-refractivity contribution in [3.63, 3.8) is 0 Å². The molecule has 3 nitrogen and oxygen atoms in total. The molecule has 12 rings (SSSR count). The van der Waals surface area contributed by atoms with E-state index in [1.165, 1.54) is 70.3 Å². The Bertz CT molecular complexity index is 3330. The molecule has 1 aliphatic rings. The minimum atomic E-state index is 0.874. The average Bonchev–Trinajstić information content (AvgIpc) is 3.81. The van der Waals surface area contributed by atoms with Crippen molar-refractivity contribution in [3.05, 3.63) is 194 Å². The predicted molar refractivity (Wildman–Crippen MR) is 235 cm³/mol. The summed E-state index contributed by atoms with van der Waals surface area (Å²) < 4.78 is 8.83. The Morgan fingerprint density at radius 3 is 1.91 bits per heavy atom. The van der Waals surface area contributed by atoms with E-state index in [0.29, 0.717) is 0 Å². The van der Waals surface area contributed by atoms with E-state index < -0.39 is 0 Å². The van der Waals surface area contributed by atoms with Crippen LogP contribution in [-0.2, 0) is 0 Å². The van der Waals surface area contributed by atoms with E-state index in [9.17, 15) is 0 Å². The number of nitrogens with zero attached hydrogens (tertiary/aromatic N) is 2. The number of anilines is 3. The van der Waals surface area contributed by atoms with Crippen molar-refractivity contribution < 1.29 is 4.42 Å². The van der Waals surface area contributed by atoms with E-state index in [-0.39, 0.29) is 0 Å². The second-order valence-corrected chi connectivity index (χ2v) is 15.6. The van der Waals surface area contributed by atoms with Gasteiger partial charge in [-0.2, -0.15) is 0 Å². The molecule has 2 aromatic heterocycles. The number of aromatic nitrogens is 1. The van der Waals surface area contributed by atoms with Gasteiger partial charge in [-0.3, -0.25) is 0 Å². The fraction of sp³-hybridized carbons (Fsp3) is 0. The third-order valence-corrected chi connectivity index (χ3v) is 12.5. The summed E-state index contributed by atoms with van der Waals surface area (Å²) in [5.74, 6) is 0. The first-order valence-corrected chi connectivity index (χ1v) is 19.8. The Kier molecular flexibility index (Phi) is 6.86. The third kappa shape index (κ3) is 4.79. The highest BCUT2D eigenvalue weighted by Crippen LogP contribution is 2.48. The lowest BCUT2D eigenvalue weighted by Crippen LogP contribution is -2.09. The van der Waals surface area contributed by atoms with Crippen LogP contribution in [0.25, 0.3) is 82.5 Å². The van der Waals surface area contributed by atoms with Crippen LogP contribution in [0.2, 0.25) is 0 Å². The maximum atomic E-state index is 6.38. The smallest absolute Gasteiger partial charge is 0.137 e. The van der Waals surface area contributed by atoms with Crippen LogP contribution in [-0.4, -0.2) is 4.57 Å². The first-order valence-electron chi connectivity index (χ1n) is 19.0. The van der Waals surface area contributed by atoms with Gasteiger partial charge in [0.2, 0.25) is 0 Å². The highest BCUT2D eigenvalue weighted by molar-refractivity contribution is 7.99. The lowest BCUT2D eigenvalue weighted by atomic mass is 9.98. The van der Waals surface area contributed by atoms with Crippen molar-refractivity contribution >= 4 is 83.3 Å². The number of benzene rings is 9. The Morgan fingerprint density at radius 1 is 0.411 bits per heavy atom. The number of para-hydroxylation sites is 3. The van der Waals surface area contributed by atoms with Gasteiger partial charge in [-0.1, -0.05) is 133 Å². The second-order valence-electron chi connectivity index (χ2n) is 14.5. The Hall–Kier alpha value is -7.01. The highest BCUT2D eigenvalue weighted by atomic mass is 32.2. The maximum absolute atomic E-state index is 6.38. The lowest BCUT2D eigenvalue weighted by molar-refractivity contribution is 0.669. The topological polar surface area (TPSA) is 21.3 Å². The Labute approximate surface area is 327 Å². The van der Waals surface area contributed by atoms with E-state index in [0.717, 1.165) is 39.0 Å². The largest absolute Gasteiger partial charge is 0.456 e. The van der Waals surface area contributed by atoms with Crippen molar-refractivity contribution in [3.8, 4) is 27.9 Å². The average molecular weight is 733 g/mol. The van der Waals surface area contributed by atoms with E-state index in [1.807, 2.05) is 23.9 Å². The minimum Gasteiger partial charge on any atom is -0.456 e. The predicted octanol–water partition coefficient (Wildman–Crippen LogP) is 15.1. The molecule has 0 N–H and O–H groups in total. The SMILES string of the molecule is c1ccc2c(-c3ccc(N(c4ccc(-c5ccc6c(c5)Sc5cccc7c8ccccc8n-6c57)cc4)c4ccc5c(c4)oc4ccccc45)cc3)cccc2c1. The number of furan rings is 1. The van der Waals surface area contributed by atoms with Crippen LogP contribution < -0.4 is 4.90 Å². The van der Waals surface area contributed by atoms with E-state index in [1.54, 1.807) is 0 Å². The molecule has 3 heterocycles. The van der Waals surface area contributed by atoms with Gasteiger partial charge >= 0.3 is 0 Å². The Morgan fingerprint density at radius 2 is 1.05 bits per heavy atom. The summed E-state index contributed by atoms with van der Waals surface area (Å²) in [4.78, 5) is 4.88. The first-order chi connectivity index (χ1) is 27.7. The standard InChI is InChI=1S/C52H32N2OS/c1-2-11-40-34(9-1)10-7-14-41(40)35-21-26-38(27-22-35)53(39-28-29-44-43-13-4-6-17-48(43)55-49(44)32-39)37-24-19-33(20-25-37)36-23-30-47-51(31-36)56-50-18-8-15-45-42-12-3-5-16-46(42)54(47)52(45)50/h1-32H. The van der Waals surface area contributed by atoms with Crippen molar-refractivity contribution in [2.24, 2.45) is 0 Å². The molecule has 0 saturated carbocycles. The minimum absolute atomic E-state index is 0.874. The van der Waals surface area contributed by atoms with E-state index in [4.69, 9.17) is 4.42 Å². The van der Waals surface area contributed by atoms with E-state index in [2.05, 4.69) is 191 Å². The van der Waals surface area contributed by atoms with Crippen molar-refractivity contribution in [2.75, 3.05) is 4.90 Å². The molecule has 0 bridgehead atoms. The summed E-state index contributed by atoms with van der Waals surface area (Å²) >= 11 is 1.87. The van der Waals surface area contributed by atoms with Gasteiger partial charge in [0.25, 0.3) is 0 Å². The molecule has 0 fully saturated rings.